The molecule has 4 heteroatoms. The summed E-state index contributed by atoms with van der Waals surface area (Å²) in [6.45, 7) is 1.27. The van der Waals surface area contributed by atoms with Crippen molar-refractivity contribution in [3.63, 3.8) is 0 Å². The predicted molar refractivity (Wildman–Crippen MR) is 94.4 cm³/mol. The van der Waals surface area contributed by atoms with Gasteiger partial charge in [-0.15, -0.1) is 0 Å². The molecule has 1 aliphatic rings. The quantitative estimate of drug-likeness (QED) is 0.457. The number of halogens is 1. The first-order valence-electron chi connectivity index (χ1n) is 7.73. The van der Waals surface area contributed by atoms with E-state index in [1.54, 1.807) is 0 Å². The van der Waals surface area contributed by atoms with E-state index in [9.17, 15) is 4.79 Å². The van der Waals surface area contributed by atoms with Gasteiger partial charge in [0.1, 0.15) is 11.9 Å². The van der Waals surface area contributed by atoms with E-state index < -0.39 is 0 Å². The molecule has 0 spiro atoms. The number of carbonyl (C=O) groups is 1. The zero-order valence-corrected chi connectivity index (χ0v) is 14.4. The standard InChI is InChI=1S/C19H19BrNO2/c20-12-19(22)23-14-18(16-7-2-1-3-8-16)21-11-10-15-6-4-5-9-17(15)13-21/h1-9,13,18H,10-12,14H2/q+1/t18-/m0/s1. The van der Waals surface area contributed by atoms with E-state index in [4.69, 9.17) is 4.74 Å². The molecule has 1 aliphatic heterocycles. The van der Waals surface area contributed by atoms with Gasteiger partial charge in [-0.05, 0) is 11.6 Å². The Bertz CT molecular complexity index is 712. The Morgan fingerprint density at radius 3 is 2.65 bits per heavy atom. The first-order chi connectivity index (χ1) is 11.3. The number of nitrogens with zero attached hydrogens (tertiary/aromatic N) is 1. The average Bonchev–Trinajstić information content (AvgIpc) is 2.62. The topological polar surface area (TPSA) is 29.3 Å². The minimum Gasteiger partial charge on any atom is -0.458 e. The van der Waals surface area contributed by atoms with E-state index in [0.717, 1.165) is 18.5 Å². The summed E-state index contributed by atoms with van der Waals surface area (Å²) in [4.78, 5) is 11.5. The van der Waals surface area contributed by atoms with Gasteiger partial charge in [0.05, 0.1) is 0 Å². The summed E-state index contributed by atoms with van der Waals surface area (Å²) in [6.07, 6.45) is 3.18. The third-order valence-corrected chi connectivity index (χ3v) is 4.55. The molecular weight excluding hydrogens is 354 g/mol. The molecule has 0 radical (unpaired) electrons. The monoisotopic (exact) mass is 372 g/mol. The molecule has 23 heavy (non-hydrogen) atoms. The molecule has 0 aliphatic carbocycles. The van der Waals surface area contributed by atoms with Crippen molar-refractivity contribution in [2.45, 2.75) is 12.5 Å². The van der Waals surface area contributed by atoms with Crippen LogP contribution < -0.4 is 0 Å². The lowest BCUT2D eigenvalue weighted by Gasteiger charge is -2.20. The third-order valence-electron chi connectivity index (χ3n) is 4.10. The Kier molecular flexibility index (Phi) is 5.23. The predicted octanol–water partition coefficient (Wildman–Crippen LogP) is 3.35. The Morgan fingerprint density at radius 1 is 1.13 bits per heavy atom. The van der Waals surface area contributed by atoms with Crippen LogP contribution in [0.15, 0.2) is 54.6 Å². The Labute approximate surface area is 144 Å². The van der Waals surface area contributed by atoms with Gasteiger partial charge in [-0.3, -0.25) is 4.79 Å². The van der Waals surface area contributed by atoms with Gasteiger partial charge in [-0.1, -0.05) is 64.5 Å². The lowest BCUT2D eigenvalue weighted by molar-refractivity contribution is -0.571. The highest BCUT2D eigenvalue weighted by atomic mass is 79.9. The van der Waals surface area contributed by atoms with E-state index >= 15 is 0 Å². The molecule has 118 valence electrons. The zero-order valence-electron chi connectivity index (χ0n) is 12.8. The van der Waals surface area contributed by atoms with E-state index in [2.05, 4.69) is 63.1 Å². The molecule has 1 heterocycles. The summed E-state index contributed by atoms with van der Waals surface area (Å²) in [5, 5.41) is 0.223. The molecule has 0 unspecified atom stereocenters. The third kappa shape index (κ3) is 3.88. The van der Waals surface area contributed by atoms with Crippen molar-refractivity contribution in [2.24, 2.45) is 0 Å². The highest BCUT2D eigenvalue weighted by Crippen LogP contribution is 2.21. The van der Waals surface area contributed by atoms with Crippen LogP contribution >= 0.6 is 15.9 Å². The van der Waals surface area contributed by atoms with Crippen molar-refractivity contribution in [2.75, 3.05) is 18.5 Å². The number of fused-ring (bicyclic) bond motifs is 1. The molecule has 0 N–H and O–H groups in total. The second-order valence-corrected chi connectivity index (χ2v) is 6.12. The fourth-order valence-electron chi connectivity index (χ4n) is 2.90. The highest BCUT2D eigenvalue weighted by molar-refractivity contribution is 9.09. The van der Waals surface area contributed by atoms with Crippen molar-refractivity contribution >= 4 is 28.1 Å². The van der Waals surface area contributed by atoms with Gasteiger partial charge >= 0.3 is 5.97 Å². The van der Waals surface area contributed by atoms with Crippen LogP contribution in [-0.4, -0.2) is 35.2 Å². The summed E-state index contributed by atoms with van der Waals surface area (Å²) in [5.41, 5.74) is 3.77. The SMILES string of the molecule is O=C(CBr)OC[C@@H](c1ccccc1)[N+]1=Cc2ccccc2CC1. The Morgan fingerprint density at radius 2 is 1.87 bits per heavy atom. The number of ether oxygens (including phenoxy) is 1. The van der Waals surface area contributed by atoms with Crippen molar-refractivity contribution in [1.29, 1.82) is 0 Å². The number of carbonyl (C=O) groups excluding carboxylic acids is 1. The number of hydrogen-bond donors (Lipinski definition) is 0. The summed E-state index contributed by atoms with van der Waals surface area (Å²) < 4.78 is 7.68. The van der Waals surface area contributed by atoms with E-state index in [1.165, 1.54) is 11.1 Å². The highest BCUT2D eigenvalue weighted by Gasteiger charge is 2.27. The molecule has 2 aromatic rings. The summed E-state index contributed by atoms with van der Waals surface area (Å²) in [6, 6.07) is 18.7. The molecule has 3 rings (SSSR count). The minimum absolute atomic E-state index is 0.0348. The van der Waals surface area contributed by atoms with Crippen molar-refractivity contribution in [3.05, 3.63) is 71.3 Å². The molecule has 0 aromatic heterocycles. The molecule has 1 atom stereocenters. The molecule has 2 aromatic carbocycles. The lowest BCUT2D eigenvalue weighted by Crippen LogP contribution is -2.30. The fraction of sp³-hybridized carbons (Fsp3) is 0.263. The summed E-state index contributed by atoms with van der Waals surface area (Å²) >= 11 is 3.14. The summed E-state index contributed by atoms with van der Waals surface area (Å²) in [5.74, 6) is -0.233. The lowest BCUT2D eigenvalue weighted by atomic mass is 10.00. The average molecular weight is 373 g/mol. The number of hydrogen-bond acceptors (Lipinski definition) is 2. The second kappa shape index (κ2) is 7.55. The fourth-order valence-corrected chi connectivity index (χ4v) is 3.06. The van der Waals surface area contributed by atoms with Crippen LogP contribution in [0.4, 0.5) is 0 Å². The molecular formula is C19H19BrNO2+. The first kappa shape index (κ1) is 15.9. The second-order valence-electron chi connectivity index (χ2n) is 5.56. The van der Waals surface area contributed by atoms with Crippen LogP contribution in [0.5, 0.6) is 0 Å². The number of benzene rings is 2. The molecule has 0 fully saturated rings. The van der Waals surface area contributed by atoms with Crippen LogP contribution in [0.1, 0.15) is 22.7 Å². The van der Waals surface area contributed by atoms with Crippen LogP contribution in [0.3, 0.4) is 0 Å². The van der Waals surface area contributed by atoms with Crippen LogP contribution in [0, 0.1) is 0 Å². The van der Waals surface area contributed by atoms with Gasteiger partial charge < -0.3 is 4.74 Å². The molecule has 0 bridgehead atoms. The van der Waals surface area contributed by atoms with E-state index in [1.807, 2.05) is 18.2 Å². The van der Waals surface area contributed by atoms with E-state index in [0.29, 0.717) is 6.61 Å². The Hall–Kier alpha value is -1.94. The van der Waals surface area contributed by atoms with Gasteiger partial charge in [0.25, 0.3) is 0 Å². The maximum absolute atomic E-state index is 11.5. The largest absolute Gasteiger partial charge is 0.458 e. The van der Waals surface area contributed by atoms with Gasteiger partial charge in [0, 0.05) is 17.5 Å². The van der Waals surface area contributed by atoms with Gasteiger partial charge in [0.15, 0.2) is 12.8 Å². The first-order valence-corrected chi connectivity index (χ1v) is 8.85. The molecule has 0 saturated carbocycles. The molecule has 0 saturated heterocycles. The van der Waals surface area contributed by atoms with Crippen LogP contribution in [0.2, 0.25) is 0 Å². The maximum atomic E-state index is 11.5. The normalized spacial score (nSPS) is 14.6. The van der Waals surface area contributed by atoms with Crippen molar-refractivity contribution < 1.29 is 14.1 Å². The van der Waals surface area contributed by atoms with Gasteiger partial charge in [-0.2, -0.15) is 0 Å². The number of esters is 1. The van der Waals surface area contributed by atoms with Crippen LogP contribution in [0.25, 0.3) is 0 Å². The zero-order chi connectivity index (χ0) is 16.1. The van der Waals surface area contributed by atoms with Crippen molar-refractivity contribution in [1.82, 2.24) is 0 Å². The van der Waals surface area contributed by atoms with Crippen molar-refractivity contribution in [3.8, 4) is 0 Å². The van der Waals surface area contributed by atoms with Gasteiger partial charge in [-0.25, -0.2) is 4.58 Å². The minimum atomic E-state index is -0.233. The van der Waals surface area contributed by atoms with Gasteiger partial charge in [0.2, 0.25) is 6.04 Å². The smallest absolute Gasteiger partial charge is 0.316 e. The number of alkyl halides is 1. The summed E-state index contributed by atoms with van der Waals surface area (Å²) in [7, 11) is 0. The van der Waals surface area contributed by atoms with Crippen LogP contribution in [-0.2, 0) is 16.0 Å². The molecule has 0 amide bonds. The Balaban J connectivity index is 1.89. The molecule has 3 nitrogen and oxygen atoms in total. The maximum Gasteiger partial charge on any atom is 0.316 e. The van der Waals surface area contributed by atoms with E-state index in [-0.39, 0.29) is 17.3 Å². The number of rotatable bonds is 5.